The molecule has 0 radical (unpaired) electrons. The molecule has 5 N–H and O–H groups in total. The first kappa shape index (κ1) is 28.9. The van der Waals surface area contributed by atoms with Crippen molar-refractivity contribution in [2.24, 2.45) is 5.92 Å². The second-order valence-corrected chi connectivity index (χ2v) is 11.4. The molecule has 3 heterocycles. The molecule has 4 atom stereocenters. The van der Waals surface area contributed by atoms with E-state index in [4.69, 9.17) is 14.7 Å². The Morgan fingerprint density at radius 2 is 1.95 bits per heavy atom. The Kier molecular flexibility index (Phi) is 8.54. The van der Waals surface area contributed by atoms with Crippen molar-refractivity contribution in [1.82, 2.24) is 24.8 Å². The number of amides is 1. The summed E-state index contributed by atoms with van der Waals surface area (Å²) in [5.74, 6) is 0.256. The number of pyridine rings is 1. The molecule has 0 bridgehead atoms. The lowest BCUT2D eigenvalue weighted by Crippen LogP contribution is -2.40. The number of nitrogens with one attached hydrogen (secondary N) is 2. The highest BCUT2D eigenvalue weighted by Crippen LogP contribution is 2.40. The van der Waals surface area contributed by atoms with Crippen LogP contribution in [-0.4, -0.2) is 96.8 Å². The molecule has 0 aromatic carbocycles. The smallest absolute Gasteiger partial charge is 0.409 e. The van der Waals surface area contributed by atoms with Gasteiger partial charge < -0.3 is 35.6 Å². The molecule has 1 amide bonds. The molecule has 1 fully saturated rings. The molecule has 0 aliphatic heterocycles. The minimum atomic E-state index is -1.17. The number of likely N-dealkylation sites (N-methyl/N-ethyl adjacent to an activating group) is 1. The fourth-order valence-corrected chi connectivity index (χ4v) is 5.93. The molecule has 1 saturated carbocycles. The number of anilines is 2. The van der Waals surface area contributed by atoms with E-state index in [9.17, 15) is 20.1 Å². The second-order valence-electron chi connectivity index (χ2n) is 10.4. The zero-order valence-corrected chi connectivity index (χ0v) is 23.9. The third-order valence-corrected chi connectivity index (χ3v) is 8.05. The predicted molar refractivity (Wildman–Crippen MR) is 150 cm³/mol. The molecule has 4 unspecified atom stereocenters. The number of aryl methyl sites for hydroxylation is 2. The van der Waals surface area contributed by atoms with Crippen LogP contribution in [0.2, 0.25) is 0 Å². The highest BCUT2D eigenvalue weighted by Gasteiger charge is 2.48. The van der Waals surface area contributed by atoms with Gasteiger partial charge in [-0.1, -0.05) is 0 Å². The summed E-state index contributed by atoms with van der Waals surface area (Å²) < 4.78 is 5.99. The number of aliphatic hydroxyl groups excluding tert-OH is 2. The summed E-state index contributed by atoms with van der Waals surface area (Å²) in [7, 11) is 1.65. The lowest BCUT2D eigenvalue weighted by molar-refractivity contribution is -0.0601. The van der Waals surface area contributed by atoms with Crippen molar-refractivity contribution in [3.05, 3.63) is 23.7 Å². The molecule has 0 saturated heterocycles. The van der Waals surface area contributed by atoms with Gasteiger partial charge in [0, 0.05) is 32.3 Å². The first-order chi connectivity index (χ1) is 18.4. The van der Waals surface area contributed by atoms with Crippen LogP contribution in [0.25, 0.3) is 20.8 Å². The van der Waals surface area contributed by atoms with Gasteiger partial charge in [0.25, 0.3) is 0 Å². The van der Waals surface area contributed by atoms with E-state index in [0.717, 1.165) is 15.9 Å². The number of fused-ring (bicyclic) bond motifs is 1. The number of ether oxygens (including phenoxy) is 1. The third kappa shape index (κ3) is 6.21. The summed E-state index contributed by atoms with van der Waals surface area (Å²) in [6, 6.07) is 1.35. The van der Waals surface area contributed by atoms with Crippen LogP contribution in [0.4, 0.5) is 16.6 Å². The predicted octanol–water partition coefficient (Wildman–Crippen LogP) is 2.56. The summed E-state index contributed by atoms with van der Waals surface area (Å²) in [4.78, 5) is 31.9. The van der Waals surface area contributed by atoms with Gasteiger partial charge in [0.15, 0.2) is 0 Å². The summed E-state index contributed by atoms with van der Waals surface area (Å²) in [5.41, 5.74) is 1.78. The molecule has 3 aromatic rings. The number of carbonyl (C=O) groups is 1. The molecule has 3 aromatic heterocycles. The Balaban J connectivity index is 1.66. The van der Waals surface area contributed by atoms with Gasteiger partial charge in [-0.3, -0.25) is 4.98 Å². The van der Waals surface area contributed by atoms with Gasteiger partial charge in [-0.2, -0.15) is 4.98 Å². The van der Waals surface area contributed by atoms with Gasteiger partial charge in [0.2, 0.25) is 5.95 Å². The van der Waals surface area contributed by atoms with E-state index in [0.29, 0.717) is 54.1 Å². The van der Waals surface area contributed by atoms with E-state index < -0.39 is 35.9 Å². The molecular weight excluding hydrogens is 522 g/mol. The molecule has 13 heteroatoms. The number of carbonyl (C=O) groups excluding carboxylic acids is 1. The van der Waals surface area contributed by atoms with Crippen molar-refractivity contribution in [2.75, 3.05) is 37.4 Å². The molecule has 4 rings (SSSR count). The van der Waals surface area contributed by atoms with Crippen LogP contribution in [0, 0.1) is 19.8 Å². The van der Waals surface area contributed by atoms with Crippen LogP contribution in [0.5, 0.6) is 0 Å². The van der Waals surface area contributed by atoms with Gasteiger partial charge in [-0.05, 0) is 47.1 Å². The average Bonchev–Trinajstić information content (AvgIpc) is 3.41. The lowest BCUT2D eigenvalue weighted by Gasteiger charge is -2.28. The van der Waals surface area contributed by atoms with Crippen LogP contribution in [-0.2, 0) is 4.74 Å². The van der Waals surface area contributed by atoms with E-state index in [-0.39, 0.29) is 0 Å². The number of thiazole rings is 1. The quantitative estimate of drug-likeness (QED) is 0.261. The van der Waals surface area contributed by atoms with E-state index in [1.807, 2.05) is 19.9 Å². The number of hydrogen-bond acceptors (Lipinski definition) is 12. The zero-order valence-electron chi connectivity index (χ0n) is 23.1. The van der Waals surface area contributed by atoms with Crippen LogP contribution in [0.15, 0.2) is 12.3 Å². The summed E-state index contributed by atoms with van der Waals surface area (Å²) >= 11 is 1.49. The van der Waals surface area contributed by atoms with Gasteiger partial charge in [-0.15, -0.1) is 11.3 Å². The number of aromatic nitrogens is 4. The fourth-order valence-electron chi connectivity index (χ4n) is 4.82. The van der Waals surface area contributed by atoms with Crippen molar-refractivity contribution < 1.29 is 24.9 Å². The van der Waals surface area contributed by atoms with Gasteiger partial charge in [-0.25, -0.2) is 14.8 Å². The molecule has 39 heavy (non-hydrogen) atoms. The Labute approximate surface area is 231 Å². The topological polar surface area (TPSA) is 166 Å². The second kappa shape index (κ2) is 11.5. The van der Waals surface area contributed by atoms with Crippen LogP contribution >= 0.6 is 11.3 Å². The minimum absolute atomic E-state index is 0.298. The number of aliphatic hydroxyl groups is 3. The SMILES string of the molecule is CCOC(=O)N(C)CCNc1nc(C)c(-c2nc3c(C)nccc3s2)c(NC2CC(C(C)(C)O)C(O)C2O)n1. The molecule has 12 nitrogen and oxygen atoms in total. The number of hydrogen-bond donors (Lipinski definition) is 5. The van der Waals surface area contributed by atoms with Crippen molar-refractivity contribution in [3.63, 3.8) is 0 Å². The third-order valence-electron chi connectivity index (χ3n) is 7.02. The molecule has 1 aliphatic rings. The van der Waals surface area contributed by atoms with E-state index >= 15 is 0 Å². The van der Waals surface area contributed by atoms with Gasteiger partial charge in [0.05, 0.1) is 46.0 Å². The van der Waals surface area contributed by atoms with Crippen molar-refractivity contribution in [3.8, 4) is 10.6 Å². The molecule has 1 aliphatic carbocycles. The maximum atomic E-state index is 11.9. The van der Waals surface area contributed by atoms with E-state index in [1.165, 1.54) is 16.2 Å². The Bertz CT molecular complexity index is 1330. The normalized spacial score (nSPS) is 21.3. The fraction of sp³-hybridized carbons (Fsp3) is 0.577. The largest absolute Gasteiger partial charge is 0.450 e. The van der Waals surface area contributed by atoms with Crippen LogP contribution < -0.4 is 10.6 Å². The Hall–Kier alpha value is -3.13. The number of nitrogens with zero attached hydrogens (tertiary/aromatic N) is 5. The first-order valence-corrected chi connectivity index (χ1v) is 13.8. The first-order valence-electron chi connectivity index (χ1n) is 13.0. The van der Waals surface area contributed by atoms with E-state index in [2.05, 4.69) is 20.6 Å². The van der Waals surface area contributed by atoms with Crippen molar-refractivity contribution in [1.29, 1.82) is 0 Å². The zero-order chi connectivity index (χ0) is 28.5. The van der Waals surface area contributed by atoms with Gasteiger partial charge in [0.1, 0.15) is 22.4 Å². The molecule has 212 valence electrons. The number of rotatable bonds is 9. The highest BCUT2D eigenvalue weighted by atomic mass is 32.1. The Morgan fingerprint density at radius 3 is 2.59 bits per heavy atom. The summed E-state index contributed by atoms with van der Waals surface area (Å²) in [5, 5.41) is 39.2. The maximum Gasteiger partial charge on any atom is 0.409 e. The monoisotopic (exact) mass is 559 g/mol. The molecule has 0 spiro atoms. The maximum absolute atomic E-state index is 11.9. The standard InChI is InChI=1S/C26H37N7O5S/c1-7-38-25(36)33(6)11-10-28-24-29-13(2)18(23-31-19-14(3)27-9-8-17(19)39-23)22(32-24)30-16-12-15(26(4,5)37)20(34)21(16)35/h8-9,15-16,20-21,34-35,37H,7,10-12H2,1-6H3,(H2,28,29,30,32). The van der Waals surface area contributed by atoms with E-state index in [1.54, 1.807) is 34.0 Å². The molecular formula is C26H37N7O5S. The van der Waals surface area contributed by atoms with Crippen molar-refractivity contribution in [2.45, 2.75) is 64.9 Å². The van der Waals surface area contributed by atoms with Crippen LogP contribution in [0.1, 0.15) is 38.6 Å². The summed E-state index contributed by atoms with van der Waals surface area (Å²) in [6.07, 6.45) is -0.535. The van der Waals surface area contributed by atoms with Crippen LogP contribution in [0.3, 0.4) is 0 Å². The highest BCUT2D eigenvalue weighted by molar-refractivity contribution is 7.21. The average molecular weight is 560 g/mol. The van der Waals surface area contributed by atoms with Gasteiger partial charge >= 0.3 is 6.09 Å². The lowest BCUT2D eigenvalue weighted by atomic mass is 9.88. The Morgan fingerprint density at radius 1 is 1.21 bits per heavy atom. The minimum Gasteiger partial charge on any atom is -0.450 e. The summed E-state index contributed by atoms with van der Waals surface area (Å²) in [6.45, 7) is 9.82. The van der Waals surface area contributed by atoms with Crippen molar-refractivity contribution >= 4 is 39.4 Å².